The lowest BCUT2D eigenvalue weighted by Gasteiger charge is -2.17. The molecule has 0 aliphatic carbocycles. The van der Waals surface area contributed by atoms with E-state index in [2.05, 4.69) is 4.74 Å². The van der Waals surface area contributed by atoms with Crippen LogP contribution in [0.3, 0.4) is 0 Å². The van der Waals surface area contributed by atoms with E-state index in [1.807, 2.05) is 29.5 Å². The molecular weight excluding hydrogens is 305 g/mol. The van der Waals surface area contributed by atoms with Gasteiger partial charge in [-0.1, -0.05) is 35.9 Å². The van der Waals surface area contributed by atoms with Crippen LogP contribution >= 0.6 is 22.6 Å². The monoisotopic (exact) mass is 320 g/mol. The molecule has 1 unspecified atom stereocenters. The predicted molar refractivity (Wildman–Crippen MR) is 58.9 cm³/mol. The molecule has 0 saturated carbocycles. The Hall–Kier alpha value is 0.0600. The van der Waals surface area contributed by atoms with E-state index >= 15 is 0 Å². The van der Waals surface area contributed by atoms with Crippen molar-refractivity contribution in [3.8, 4) is 0 Å². The van der Waals surface area contributed by atoms with E-state index in [9.17, 15) is 13.6 Å². The summed E-state index contributed by atoms with van der Waals surface area (Å²) in [5.74, 6) is -4.74. The second kappa shape index (κ2) is 6.53. The van der Waals surface area contributed by atoms with Gasteiger partial charge in [0.25, 0.3) is 0 Å². The van der Waals surface area contributed by atoms with E-state index in [0.717, 1.165) is 6.42 Å². The Morgan fingerprint density at radius 2 is 2.07 bits per heavy atom. The molecule has 0 aromatic rings. The zero-order valence-electron chi connectivity index (χ0n) is 8.36. The SMILES string of the molecule is CCCC(I)CC(F)(F)C(=O)OCC. The van der Waals surface area contributed by atoms with Crippen LogP contribution in [-0.4, -0.2) is 22.4 Å². The second-order valence-electron chi connectivity index (χ2n) is 3.02. The summed E-state index contributed by atoms with van der Waals surface area (Å²) < 4.78 is 30.3. The summed E-state index contributed by atoms with van der Waals surface area (Å²) in [5, 5.41) is 0. The molecule has 0 aromatic carbocycles. The standard InChI is InChI=1S/C9H15F2IO2/c1-3-5-7(12)6-9(10,11)8(13)14-4-2/h7H,3-6H2,1-2H3. The van der Waals surface area contributed by atoms with Gasteiger partial charge in [0.2, 0.25) is 0 Å². The van der Waals surface area contributed by atoms with Gasteiger partial charge in [-0.3, -0.25) is 0 Å². The Kier molecular flexibility index (Phi) is 6.55. The lowest BCUT2D eigenvalue weighted by atomic mass is 10.1. The number of rotatable bonds is 6. The highest BCUT2D eigenvalue weighted by Crippen LogP contribution is 2.27. The Morgan fingerprint density at radius 3 is 2.50 bits per heavy atom. The molecular formula is C9H15F2IO2. The van der Waals surface area contributed by atoms with Gasteiger partial charge in [-0.05, 0) is 13.3 Å². The summed E-state index contributed by atoms with van der Waals surface area (Å²) in [6.45, 7) is 3.43. The minimum Gasteiger partial charge on any atom is -0.462 e. The molecule has 0 heterocycles. The molecule has 1 atom stereocenters. The van der Waals surface area contributed by atoms with Crippen LogP contribution in [0, 0.1) is 0 Å². The van der Waals surface area contributed by atoms with Gasteiger partial charge in [0.15, 0.2) is 0 Å². The third-order valence-corrected chi connectivity index (χ3v) is 2.72. The van der Waals surface area contributed by atoms with Gasteiger partial charge >= 0.3 is 11.9 Å². The summed E-state index contributed by atoms with van der Waals surface area (Å²) in [6.07, 6.45) is 1.10. The average Bonchev–Trinajstić information content (AvgIpc) is 2.03. The first-order valence-electron chi connectivity index (χ1n) is 4.63. The molecule has 0 spiro atoms. The number of hydrogen-bond donors (Lipinski definition) is 0. The van der Waals surface area contributed by atoms with Crippen molar-refractivity contribution in [2.24, 2.45) is 0 Å². The number of esters is 1. The molecule has 0 radical (unpaired) electrons. The number of ether oxygens (including phenoxy) is 1. The molecule has 14 heavy (non-hydrogen) atoms. The molecule has 0 rings (SSSR count). The fourth-order valence-electron chi connectivity index (χ4n) is 1.01. The third kappa shape index (κ3) is 5.07. The van der Waals surface area contributed by atoms with Crippen molar-refractivity contribution in [2.75, 3.05) is 6.61 Å². The van der Waals surface area contributed by atoms with Gasteiger partial charge in [-0.25, -0.2) is 4.79 Å². The smallest absolute Gasteiger partial charge is 0.377 e. The topological polar surface area (TPSA) is 26.3 Å². The van der Waals surface area contributed by atoms with Crippen LogP contribution in [0.4, 0.5) is 8.78 Å². The van der Waals surface area contributed by atoms with Crippen molar-refractivity contribution in [1.82, 2.24) is 0 Å². The second-order valence-corrected chi connectivity index (χ2v) is 4.78. The Balaban J connectivity index is 4.10. The maximum atomic E-state index is 13.1. The van der Waals surface area contributed by atoms with E-state index in [-0.39, 0.29) is 10.5 Å². The Labute approximate surface area is 96.5 Å². The molecule has 0 bridgehead atoms. The Morgan fingerprint density at radius 1 is 1.50 bits per heavy atom. The first kappa shape index (κ1) is 14.1. The van der Waals surface area contributed by atoms with Crippen LogP contribution in [0.15, 0.2) is 0 Å². The van der Waals surface area contributed by atoms with E-state index < -0.39 is 18.3 Å². The average molecular weight is 320 g/mol. The van der Waals surface area contributed by atoms with Crippen molar-refractivity contribution in [2.45, 2.75) is 43.0 Å². The zero-order chi connectivity index (χ0) is 11.2. The molecule has 84 valence electrons. The minimum absolute atomic E-state index is 0.00584. The summed E-state index contributed by atoms with van der Waals surface area (Å²) in [4.78, 5) is 10.8. The molecule has 0 fully saturated rings. The summed E-state index contributed by atoms with van der Waals surface area (Å²) in [6, 6.07) is 0. The number of carbonyl (C=O) groups excluding carboxylic acids is 1. The molecule has 0 aromatic heterocycles. The number of halogens is 3. The van der Waals surface area contributed by atoms with Gasteiger partial charge in [0.05, 0.1) is 6.61 Å². The van der Waals surface area contributed by atoms with Crippen LogP contribution in [0.1, 0.15) is 33.1 Å². The molecule has 0 aliphatic rings. The summed E-state index contributed by atoms with van der Waals surface area (Å²) in [5.41, 5.74) is 0. The lowest BCUT2D eigenvalue weighted by molar-refractivity contribution is -0.172. The van der Waals surface area contributed by atoms with Crippen LogP contribution < -0.4 is 0 Å². The maximum absolute atomic E-state index is 13.1. The number of carbonyl (C=O) groups is 1. The van der Waals surface area contributed by atoms with Crippen molar-refractivity contribution >= 4 is 28.6 Å². The number of hydrogen-bond acceptors (Lipinski definition) is 2. The first-order valence-corrected chi connectivity index (χ1v) is 5.87. The highest BCUT2D eigenvalue weighted by atomic mass is 127. The highest BCUT2D eigenvalue weighted by molar-refractivity contribution is 14.1. The van der Waals surface area contributed by atoms with E-state index in [1.165, 1.54) is 6.92 Å². The van der Waals surface area contributed by atoms with Gasteiger partial charge in [0.1, 0.15) is 0 Å². The van der Waals surface area contributed by atoms with E-state index in [0.29, 0.717) is 6.42 Å². The lowest BCUT2D eigenvalue weighted by Crippen LogP contribution is -2.33. The highest BCUT2D eigenvalue weighted by Gasteiger charge is 2.41. The van der Waals surface area contributed by atoms with Gasteiger partial charge < -0.3 is 4.74 Å². The molecule has 0 N–H and O–H groups in total. The van der Waals surface area contributed by atoms with E-state index in [4.69, 9.17) is 0 Å². The molecule has 5 heteroatoms. The van der Waals surface area contributed by atoms with Crippen LogP contribution in [-0.2, 0) is 9.53 Å². The quantitative estimate of drug-likeness (QED) is 0.427. The van der Waals surface area contributed by atoms with Gasteiger partial charge in [-0.2, -0.15) is 8.78 Å². The van der Waals surface area contributed by atoms with Crippen LogP contribution in [0.5, 0.6) is 0 Å². The van der Waals surface area contributed by atoms with Crippen molar-refractivity contribution in [1.29, 1.82) is 0 Å². The molecule has 0 aliphatic heterocycles. The van der Waals surface area contributed by atoms with Crippen molar-refractivity contribution < 1.29 is 18.3 Å². The minimum atomic E-state index is -3.34. The van der Waals surface area contributed by atoms with Gasteiger partial charge in [0, 0.05) is 10.3 Å². The van der Waals surface area contributed by atoms with Crippen LogP contribution in [0.2, 0.25) is 0 Å². The fourth-order valence-corrected chi connectivity index (χ4v) is 2.19. The molecule has 2 nitrogen and oxygen atoms in total. The molecule has 0 saturated heterocycles. The summed E-state index contributed by atoms with van der Waals surface area (Å²) in [7, 11) is 0. The predicted octanol–water partition coefficient (Wildman–Crippen LogP) is 3.18. The Bertz CT molecular complexity index is 186. The van der Waals surface area contributed by atoms with Crippen molar-refractivity contribution in [3.05, 3.63) is 0 Å². The summed E-state index contributed by atoms with van der Waals surface area (Å²) >= 11 is 1.94. The number of alkyl halides is 3. The van der Waals surface area contributed by atoms with Crippen LogP contribution in [0.25, 0.3) is 0 Å². The van der Waals surface area contributed by atoms with E-state index in [1.54, 1.807) is 0 Å². The maximum Gasteiger partial charge on any atom is 0.377 e. The van der Waals surface area contributed by atoms with Crippen molar-refractivity contribution in [3.63, 3.8) is 0 Å². The molecule has 0 amide bonds. The fraction of sp³-hybridized carbons (Fsp3) is 0.889. The first-order chi connectivity index (χ1) is 6.44. The van der Waals surface area contributed by atoms with Gasteiger partial charge in [-0.15, -0.1) is 0 Å². The third-order valence-electron chi connectivity index (χ3n) is 1.65. The normalized spacial score (nSPS) is 13.8. The largest absolute Gasteiger partial charge is 0.462 e. The zero-order valence-corrected chi connectivity index (χ0v) is 10.5.